The molecule has 9 heteroatoms. The molecule has 0 rings (SSSR count). The molecular weight excluding hydrogens is 478 g/mol. The normalized spacial score (nSPS) is 12.2. The van der Waals surface area contributed by atoms with Crippen molar-refractivity contribution in [2.75, 3.05) is 59.3 Å². The van der Waals surface area contributed by atoms with Crippen molar-refractivity contribution in [3.05, 3.63) is 0 Å². The second kappa shape index (κ2) is 26.2. The van der Waals surface area contributed by atoms with E-state index in [0.29, 0.717) is 19.6 Å². The van der Waals surface area contributed by atoms with Gasteiger partial charge in [-0.25, -0.2) is 4.79 Å². The standard InChI is InChI=1S/C28H55NO8/c1-5-9-11-13-19-33-27(34-20-14-12-10-6-2)17-16-26(31)36-23-25(22-30)24-37-28(32)35-21-15-18-29(7-3)8-4/h25,27,30H,5-24H2,1-4H3. The van der Waals surface area contributed by atoms with Crippen LogP contribution in [-0.4, -0.2) is 87.7 Å². The Hall–Kier alpha value is -1.42. The molecule has 0 heterocycles. The van der Waals surface area contributed by atoms with Crippen molar-refractivity contribution in [1.29, 1.82) is 0 Å². The highest BCUT2D eigenvalue weighted by atomic mass is 16.7. The summed E-state index contributed by atoms with van der Waals surface area (Å²) < 4.78 is 27.2. The van der Waals surface area contributed by atoms with Crippen LogP contribution in [0.5, 0.6) is 0 Å². The topological polar surface area (TPSA) is 104 Å². The van der Waals surface area contributed by atoms with E-state index in [0.717, 1.165) is 51.7 Å². The molecule has 0 saturated heterocycles. The number of hydrogen-bond donors (Lipinski definition) is 1. The van der Waals surface area contributed by atoms with Crippen LogP contribution in [0.1, 0.15) is 98.3 Å². The maximum absolute atomic E-state index is 12.3. The fourth-order valence-corrected chi connectivity index (χ4v) is 3.59. The fraction of sp³-hybridized carbons (Fsp3) is 0.929. The highest BCUT2D eigenvalue weighted by Crippen LogP contribution is 2.11. The van der Waals surface area contributed by atoms with Gasteiger partial charge in [0, 0.05) is 26.2 Å². The molecule has 1 atom stereocenters. The molecule has 0 aromatic heterocycles. The number of hydrogen-bond acceptors (Lipinski definition) is 9. The van der Waals surface area contributed by atoms with Gasteiger partial charge in [0.2, 0.25) is 0 Å². The van der Waals surface area contributed by atoms with E-state index in [1.807, 2.05) is 0 Å². The zero-order valence-corrected chi connectivity index (χ0v) is 24.0. The molecule has 37 heavy (non-hydrogen) atoms. The van der Waals surface area contributed by atoms with Gasteiger partial charge < -0.3 is 33.7 Å². The van der Waals surface area contributed by atoms with Gasteiger partial charge >= 0.3 is 12.1 Å². The van der Waals surface area contributed by atoms with Gasteiger partial charge in [-0.2, -0.15) is 0 Å². The largest absolute Gasteiger partial charge is 0.508 e. The average molecular weight is 534 g/mol. The monoisotopic (exact) mass is 533 g/mol. The van der Waals surface area contributed by atoms with E-state index >= 15 is 0 Å². The number of aliphatic hydroxyl groups is 1. The Bertz CT molecular complexity index is 516. The van der Waals surface area contributed by atoms with Crippen molar-refractivity contribution < 1.29 is 38.4 Å². The molecule has 0 radical (unpaired) electrons. The Labute approximate surface area is 225 Å². The predicted molar refractivity (Wildman–Crippen MR) is 144 cm³/mol. The van der Waals surface area contributed by atoms with Gasteiger partial charge in [0.25, 0.3) is 0 Å². The van der Waals surface area contributed by atoms with Crippen molar-refractivity contribution in [2.45, 2.75) is 105 Å². The molecule has 1 N–H and O–H groups in total. The van der Waals surface area contributed by atoms with E-state index in [4.69, 9.17) is 23.7 Å². The molecule has 0 bridgehead atoms. The first-order valence-corrected chi connectivity index (χ1v) is 14.5. The number of esters is 1. The second-order valence-electron chi connectivity index (χ2n) is 9.35. The minimum atomic E-state index is -0.778. The van der Waals surface area contributed by atoms with Gasteiger partial charge in [-0.1, -0.05) is 66.2 Å². The highest BCUT2D eigenvalue weighted by Gasteiger charge is 2.17. The Morgan fingerprint density at radius 3 is 1.86 bits per heavy atom. The number of carbonyl (C=O) groups excluding carboxylic acids is 2. The number of aliphatic hydroxyl groups excluding tert-OH is 1. The quantitative estimate of drug-likeness (QED) is 0.0898. The average Bonchev–Trinajstić information content (AvgIpc) is 2.91. The van der Waals surface area contributed by atoms with Crippen LogP contribution in [0.25, 0.3) is 0 Å². The summed E-state index contributed by atoms with van der Waals surface area (Å²) in [7, 11) is 0. The lowest BCUT2D eigenvalue weighted by Gasteiger charge is -2.19. The van der Waals surface area contributed by atoms with E-state index in [-0.39, 0.29) is 32.8 Å². The lowest BCUT2D eigenvalue weighted by molar-refractivity contribution is -0.160. The van der Waals surface area contributed by atoms with Crippen LogP contribution in [0.15, 0.2) is 0 Å². The molecule has 0 spiro atoms. The lowest BCUT2D eigenvalue weighted by atomic mass is 10.2. The van der Waals surface area contributed by atoms with E-state index in [9.17, 15) is 14.7 Å². The summed E-state index contributed by atoms with van der Waals surface area (Å²) in [4.78, 5) is 26.3. The van der Waals surface area contributed by atoms with Crippen LogP contribution >= 0.6 is 0 Å². The van der Waals surface area contributed by atoms with E-state index in [1.165, 1.54) is 25.7 Å². The number of unbranched alkanes of at least 4 members (excludes halogenated alkanes) is 6. The number of carbonyl (C=O) groups is 2. The SMILES string of the molecule is CCCCCCOC(CCC(=O)OCC(CO)COC(=O)OCCCN(CC)CC)OCCCCCC. The Morgan fingerprint density at radius 1 is 0.730 bits per heavy atom. The Kier molecular flexibility index (Phi) is 25.2. The molecule has 0 aromatic rings. The highest BCUT2D eigenvalue weighted by molar-refractivity contribution is 5.69. The third kappa shape index (κ3) is 22.3. The number of rotatable bonds is 26. The summed E-state index contributed by atoms with van der Waals surface area (Å²) in [6, 6.07) is 0. The molecule has 220 valence electrons. The third-order valence-electron chi connectivity index (χ3n) is 6.10. The van der Waals surface area contributed by atoms with Crippen molar-refractivity contribution in [3.63, 3.8) is 0 Å². The van der Waals surface area contributed by atoms with Crippen LogP contribution in [0.3, 0.4) is 0 Å². The van der Waals surface area contributed by atoms with Gasteiger partial charge in [-0.15, -0.1) is 0 Å². The van der Waals surface area contributed by atoms with Gasteiger partial charge in [0.05, 0.1) is 32.2 Å². The summed E-state index contributed by atoms with van der Waals surface area (Å²) in [5.74, 6) is -0.904. The minimum absolute atomic E-state index is 0.0367. The molecular formula is C28H55NO8. The molecule has 0 aromatic carbocycles. The van der Waals surface area contributed by atoms with E-state index in [1.54, 1.807) is 0 Å². The number of ether oxygens (including phenoxy) is 5. The first-order chi connectivity index (χ1) is 18.0. The molecule has 0 fully saturated rings. The van der Waals surface area contributed by atoms with Crippen molar-refractivity contribution >= 4 is 12.1 Å². The van der Waals surface area contributed by atoms with Crippen LogP contribution in [-0.2, 0) is 28.5 Å². The zero-order valence-electron chi connectivity index (χ0n) is 24.0. The van der Waals surface area contributed by atoms with Crippen LogP contribution in [0.2, 0.25) is 0 Å². The maximum atomic E-state index is 12.3. The summed E-state index contributed by atoms with van der Waals surface area (Å²) in [5, 5.41) is 9.55. The molecule has 1 unspecified atom stereocenters. The smallest absolute Gasteiger partial charge is 0.465 e. The Morgan fingerprint density at radius 2 is 1.32 bits per heavy atom. The summed E-state index contributed by atoms with van der Waals surface area (Å²) in [5.41, 5.74) is 0. The molecule has 0 aliphatic carbocycles. The van der Waals surface area contributed by atoms with Gasteiger partial charge in [0.1, 0.15) is 6.61 Å². The van der Waals surface area contributed by atoms with Crippen molar-refractivity contribution in [3.8, 4) is 0 Å². The predicted octanol–water partition coefficient (Wildman–Crippen LogP) is 5.32. The van der Waals surface area contributed by atoms with Gasteiger partial charge in [-0.05, 0) is 32.4 Å². The molecule has 0 amide bonds. The van der Waals surface area contributed by atoms with Crippen molar-refractivity contribution in [1.82, 2.24) is 4.90 Å². The summed E-state index contributed by atoms with van der Waals surface area (Å²) in [6.45, 7) is 12.4. The van der Waals surface area contributed by atoms with Crippen molar-refractivity contribution in [2.24, 2.45) is 5.92 Å². The van der Waals surface area contributed by atoms with Crippen LogP contribution < -0.4 is 0 Å². The van der Waals surface area contributed by atoms with Crippen LogP contribution in [0.4, 0.5) is 4.79 Å². The summed E-state index contributed by atoms with van der Waals surface area (Å²) in [6.07, 6.45) is 8.99. The number of nitrogens with zero attached hydrogens (tertiary/aromatic N) is 1. The molecule has 9 nitrogen and oxygen atoms in total. The fourth-order valence-electron chi connectivity index (χ4n) is 3.59. The maximum Gasteiger partial charge on any atom is 0.508 e. The molecule has 0 saturated carbocycles. The van der Waals surface area contributed by atoms with Gasteiger partial charge in [0.15, 0.2) is 6.29 Å². The summed E-state index contributed by atoms with van der Waals surface area (Å²) >= 11 is 0. The lowest BCUT2D eigenvalue weighted by Crippen LogP contribution is -2.26. The van der Waals surface area contributed by atoms with E-state index < -0.39 is 24.3 Å². The first kappa shape index (κ1) is 35.6. The third-order valence-corrected chi connectivity index (χ3v) is 6.10. The van der Waals surface area contributed by atoms with E-state index in [2.05, 4.69) is 32.6 Å². The second-order valence-corrected chi connectivity index (χ2v) is 9.35. The Balaban J connectivity index is 4.22. The molecule has 0 aliphatic rings. The minimum Gasteiger partial charge on any atom is -0.465 e. The first-order valence-electron chi connectivity index (χ1n) is 14.5. The van der Waals surface area contributed by atoms with Crippen LogP contribution in [0, 0.1) is 5.92 Å². The molecule has 0 aliphatic heterocycles. The van der Waals surface area contributed by atoms with Gasteiger partial charge in [-0.3, -0.25) is 4.79 Å². The zero-order chi connectivity index (χ0) is 27.6.